The molecule has 0 spiro atoms. The molecule has 0 nitrogen and oxygen atoms in total. The maximum atomic E-state index is 2.47. The van der Waals surface area contributed by atoms with Crippen molar-refractivity contribution < 1.29 is 0 Å². The summed E-state index contributed by atoms with van der Waals surface area (Å²) in [5, 5.41) is 0. The van der Waals surface area contributed by atoms with Crippen molar-refractivity contribution in [2.24, 2.45) is 17.3 Å². The first-order valence-corrected chi connectivity index (χ1v) is 6.62. The third-order valence-corrected chi connectivity index (χ3v) is 4.33. The molecule has 0 saturated heterocycles. The van der Waals surface area contributed by atoms with E-state index < -0.39 is 0 Å². The average Bonchev–Trinajstić information content (AvgIpc) is 2.78. The van der Waals surface area contributed by atoms with Crippen LogP contribution in [0.25, 0.3) is 0 Å². The van der Waals surface area contributed by atoms with Gasteiger partial charge in [-0.3, -0.25) is 0 Å². The van der Waals surface area contributed by atoms with Gasteiger partial charge in [-0.05, 0) is 30.1 Å². The monoisotopic (exact) mass is 196 g/mol. The van der Waals surface area contributed by atoms with Gasteiger partial charge in [-0.2, -0.15) is 0 Å². The Morgan fingerprint density at radius 1 is 1.29 bits per heavy atom. The molecule has 1 saturated carbocycles. The largest absolute Gasteiger partial charge is 0.0654 e. The molecule has 0 aromatic heterocycles. The van der Waals surface area contributed by atoms with Gasteiger partial charge in [-0.15, -0.1) is 0 Å². The van der Waals surface area contributed by atoms with Crippen molar-refractivity contribution in [1.29, 1.82) is 0 Å². The summed E-state index contributed by atoms with van der Waals surface area (Å²) in [6.45, 7) is 9.56. The second kappa shape index (κ2) is 5.19. The van der Waals surface area contributed by atoms with E-state index in [-0.39, 0.29) is 0 Å². The molecule has 14 heavy (non-hydrogen) atoms. The lowest BCUT2D eigenvalue weighted by molar-refractivity contribution is 0.385. The molecule has 84 valence electrons. The topological polar surface area (TPSA) is 0 Å². The molecule has 3 unspecified atom stereocenters. The molecule has 1 aliphatic rings. The van der Waals surface area contributed by atoms with Crippen molar-refractivity contribution in [3.05, 3.63) is 0 Å². The van der Waals surface area contributed by atoms with Crippen molar-refractivity contribution in [3.63, 3.8) is 0 Å². The Morgan fingerprint density at radius 3 is 2.50 bits per heavy atom. The fourth-order valence-corrected chi connectivity index (χ4v) is 2.65. The first-order chi connectivity index (χ1) is 6.62. The molecule has 0 radical (unpaired) electrons. The third kappa shape index (κ3) is 3.29. The predicted molar refractivity (Wildman–Crippen MR) is 64.4 cm³/mol. The molecular formula is C14H28. The van der Waals surface area contributed by atoms with Crippen LogP contribution in [0.4, 0.5) is 0 Å². The second-order valence-corrected chi connectivity index (χ2v) is 5.75. The van der Waals surface area contributed by atoms with E-state index in [0.717, 1.165) is 17.3 Å². The van der Waals surface area contributed by atoms with Gasteiger partial charge < -0.3 is 0 Å². The lowest BCUT2D eigenvalue weighted by atomic mass is 9.93. The van der Waals surface area contributed by atoms with Gasteiger partial charge in [-0.1, -0.05) is 59.8 Å². The summed E-state index contributed by atoms with van der Waals surface area (Å²) in [4.78, 5) is 0. The van der Waals surface area contributed by atoms with E-state index >= 15 is 0 Å². The Bertz CT molecular complexity index is 161. The maximum Gasteiger partial charge on any atom is -0.0297 e. The van der Waals surface area contributed by atoms with Crippen LogP contribution in [0, 0.1) is 17.3 Å². The van der Waals surface area contributed by atoms with Crippen molar-refractivity contribution in [1.82, 2.24) is 0 Å². The van der Waals surface area contributed by atoms with Gasteiger partial charge in [-0.25, -0.2) is 0 Å². The highest BCUT2D eigenvalue weighted by Gasteiger charge is 2.47. The summed E-state index contributed by atoms with van der Waals surface area (Å²) in [5.41, 5.74) is 0.735. The maximum absolute atomic E-state index is 2.47. The van der Waals surface area contributed by atoms with Gasteiger partial charge >= 0.3 is 0 Å². The minimum Gasteiger partial charge on any atom is -0.0654 e. The number of hydrogen-bond acceptors (Lipinski definition) is 0. The zero-order valence-corrected chi connectivity index (χ0v) is 10.6. The van der Waals surface area contributed by atoms with E-state index in [4.69, 9.17) is 0 Å². The van der Waals surface area contributed by atoms with Crippen LogP contribution >= 0.6 is 0 Å². The molecule has 0 heteroatoms. The Morgan fingerprint density at radius 2 is 2.00 bits per heavy atom. The van der Waals surface area contributed by atoms with Crippen LogP contribution in [0.3, 0.4) is 0 Å². The Labute approximate surface area is 90.5 Å². The van der Waals surface area contributed by atoms with Crippen LogP contribution in [0.1, 0.15) is 72.6 Å². The number of hydrogen-bond donors (Lipinski definition) is 0. The molecule has 1 aliphatic carbocycles. The van der Waals surface area contributed by atoms with Crippen LogP contribution in [0.2, 0.25) is 0 Å². The molecule has 0 amide bonds. The molecule has 3 atom stereocenters. The summed E-state index contributed by atoms with van der Waals surface area (Å²) in [5.74, 6) is 2.03. The first-order valence-electron chi connectivity index (χ1n) is 6.62. The van der Waals surface area contributed by atoms with Gasteiger partial charge in [0.25, 0.3) is 0 Å². The highest BCUT2D eigenvalue weighted by atomic mass is 14.5. The highest BCUT2D eigenvalue weighted by molar-refractivity contribution is 4.97. The first kappa shape index (κ1) is 12.1. The standard InChI is InChI=1S/C14H28/c1-5-7-8-9-12(3)10-13-11-14(13,4)6-2/h12-13H,5-11H2,1-4H3. The Kier molecular flexibility index (Phi) is 4.47. The van der Waals surface area contributed by atoms with Crippen LogP contribution in [-0.2, 0) is 0 Å². The fourth-order valence-electron chi connectivity index (χ4n) is 2.65. The van der Waals surface area contributed by atoms with Gasteiger partial charge in [0.15, 0.2) is 0 Å². The molecular weight excluding hydrogens is 168 g/mol. The second-order valence-electron chi connectivity index (χ2n) is 5.75. The van der Waals surface area contributed by atoms with Gasteiger partial charge in [0, 0.05) is 0 Å². The molecule has 0 aromatic carbocycles. The molecule has 1 fully saturated rings. The van der Waals surface area contributed by atoms with E-state index in [1.807, 2.05) is 0 Å². The molecule has 1 rings (SSSR count). The number of rotatable bonds is 7. The quantitative estimate of drug-likeness (QED) is 0.501. The van der Waals surface area contributed by atoms with Gasteiger partial charge in [0.1, 0.15) is 0 Å². The van der Waals surface area contributed by atoms with Crippen molar-refractivity contribution >= 4 is 0 Å². The van der Waals surface area contributed by atoms with E-state index in [9.17, 15) is 0 Å². The molecule has 0 aliphatic heterocycles. The van der Waals surface area contributed by atoms with E-state index in [2.05, 4.69) is 27.7 Å². The minimum atomic E-state index is 0.735. The summed E-state index contributed by atoms with van der Waals surface area (Å²) >= 11 is 0. The summed E-state index contributed by atoms with van der Waals surface area (Å²) in [6, 6.07) is 0. The molecule has 0 heterocycles. The van der Waals surface area contributed by atoms with Crippen LogP contribution in [0.5, 0.6) is 0 Å². The third-order valence-electron chi connectivity index (χ3n) is 4.33. The van der Waals surface area contributed by atoms with Crippen molar-refractivity contribution in [3.8, 4) is 0 Å². The molecule has 0 aromatic rings. The summed E-state index contributed by atoms with van der Waals surface area (Å²) in [7, 11) is 0. The zero-order valence-electron chi connectivity index (χ0n) is 10.6. The van der Waals surface area contributed by atoms with Crippen LogP contribution in [-0.4, -0.2) is 0 Å². The van der Waals surface area contributed by atoms with Crippen molar-refractivity contribution in [2.75, 3.05) is 0 Å². The van der Waals surface area contributed by atoms with Crippen molar-refractivity contribution in [2.45, 2.75) is 72.6 Å². The normalized spacial score (nSPS) is 33.0. The smallest absolute Gasteiger partial charge is 0.0297 e. The van der Waals surface area contributed by atoms with Gasteiger partial charge in [0.05, 0.1) is 0 Å². The molecule has 0 bridgehead atoms. The molecule has 0 N–H and O–H groups in total. The fraction of sp³-hybridized carbons (Fsp3) is 1.00. The van der Waals surface area contributed by atoms with Gasteiger partial charge in [0.2, 0.25) is 0 Å². The Balaban J connectivity index is 2.07. The summed E-state index contributed by atoms with van der Waals surface area (Å²) < 4.78 is 0. The lowest BCUT2D eigenvalue weighted by Gasteiger charge is -2.13. The predicted octanol–water partition coefficient (Wildman–Crippen LogP) is 5.03. The lowest BCUT2D eigenvalue weighted by Crippen LogP contribution is -2.01. The zero-order chi connectivity index (χ0) is 10.6. The minimum absolute atomic E-state index is 0.735. The van der Waals surface area contributed by atoms with E-state index in [1.165, 1.54) is 44.9 Å². The van der Waals surface area contributed by atoms with Crippen LogP contribution < -0.4 is 0 Å². The SMILES string of the molecule is CCCCCC(C)CC1CC1(C)CC. The van der Waals surface area contributed by atoms with Crippen LogP contribution in [0.15, 0.2) is 0 Å². The Hall–Kier alpha value is 0. The average molecular weight is 196 g/mol. The number of unbranched alkanes of at least 4 members (excludes halogenated alkanes) is 2. The van der Waals surface area contributed by atoms with E-state index in [1.54, 1.807) is 0 Å². The highest BCUT2D eigenvalue weighted by Crippen LogP contribution is 2.57. The summed E-state index contributed by atoms with van der Waals surface area (Å²) in [6.07, 6.45) is 10.1. The van der Waals surface area contributed by atoms with E-state index in [0.29, 0.717) is 0 Å².